The van der Waals surface area contributed by atoms with Gasteiger partial charge in [-0.2, -0.15) is 0 Å². The predicted molar refractivity (Wildman–Crippen MR) is 76.8 cm³/mol. The zero-order valence-electron chi connectivity index (χ0n) is 12.0. The molecule has 1 rings (SSSR count). The first-order chi connectivity index (χ1) is 9.06. The van der Waals surface area contributed by atoms with Crippen LogP contribution in [0.25, 0.3) is 0 Å². The fourth-order valence-corrected chi connectivity index (χ4v) is 2.00. The third-order valence-electron chi connectivity index (χ3n) is 3.01. The molecule has 0 spiro atoms. The number of nitrogens with one attached hydrogen (secondary N) is 1. The summed E-state index contributed by atoms with van der Waals surface area (Å²) in [7, 11) is 1.63. The Balaban J connectivity index is 2.52. The molecule has 19 heavy (non-hydrogen) atoms. The number of hydrogen-bond acceptors (Lipinski definition) is 3. The maximum absolute atomic E-state index is 12.0. The van der Waals surface area contributed by atoms with E-state index in [-0.39, 0.29) is 11.8 Å². The van der Waals surface area contributed by atoms with E-state index in [0.29, 0.717) is 19.0 Å². The van der Waals surface area contributed by atoms with Crippen molar-refractivity contribution < 1.29 is 9.53 Å². The highest BCUT2D eigenvalue weighted by molar-refractivity contribution is 5.78. The van der Waals surface area contributed by atoms with E-state index in [4.69, 9.17) is 10.5 Å². The van der Waals surface area contributed by atoms with Crippen LogP contribution in [0.15, 0.2) is 24.3 Å². The number of amides is 1. The van der Waals surface area contributed by atoms with Crippen molar-refractivity contribution in [3.05, 3.63) is 29.8 Å². The molecule has 0 radical (unpaired) electrons. The second kappa shape index (κ2) is 7.79. The molecule has 0 fully saturated rings. The minimum atomic E-state index is -0.106. The summed E-state index contributed by atoms with van der Waals surface area (Å²) < 4.78 is 5.15. The molecule has 0 saturated carbocycles. The van der Waals surface area contributed by atoms with E-state index in [1.54, 1.807) is 7.11 Å². The fourth-order valence-electron chi connectivity index (χ4n) is 2.00. The number of rotatable bonds is 7. The van der Waals surface area contributed by atoms with Gasteiger partial charge in [0, 0.05) is 13.1 Å². The van der Waals surface area contributed by atoms with Crippen LogP contribution in [-0.2, 0) is 11.3 Å². The zero-order chi connectivity index (χ0) is 14.3. The molecule has 1 aromatic carbocycles. The third kappa shape index (κ3) is 5.30. The Morgan fingerprint density at radius 2 is 2.16 bits per heavy atom. The molecule has 1 unspecified atom stereocenters. The molecular formula is C15H24N2O2. The van der Waals surface area contributed by atoms with E-state index in [2.05, 4.69) is 19.2 Å². The van der Waals surface area contributed by atoms with Crippen LogP contribution in [0.2, 0.25) is 0 Å². The summed E-state index contributed by atoms with van der Waals surface area (Å²) in [5.74, 6) is 1.19. The molecule has 4 heteroatoms. The van der Waals surface area contributed by atoms with Crippen molar-refractivity contribution in [2.24, 2.45) is 17.6 Å². The number of nitrogens with two attached hydrogens (primary N) is 1. The highest BCUT2D eigenvalue weighted by Crippen LogP contribution is 2.13. The van der Waals surface area contributed by atoms with Crippen molar-refractivity contribution in [2.45, 2.75) is 26.8 Å². The number of carbonyl (C=O) groups excluding carboxylic acids is 1. The van der Waals surface area contributed by atoms with Crippen LogP contribution in [-0.4, -0.2) is 19.6 Å². The molecule has 0 aliphatic rings. The molecule has 0 aliphatic carbocycles. The monoisotopic (exact) mass is 264 g/mol. The molecule has 1 amide bonds. The van der Waals surface area contributed by atoms with Crippen LogP contribution < -0.4 is 15.8 Å². The molecule has 106 valence electrons. The van der Waals surface area contributed by atoms with Crippen molar-refractivity contribution in [1.82, 2.24) is 5.32 Å². The summed E-state index contributed by atoms with van der Waals surface area (Å²) in [5, 5.41) is 2.93. The normalized spacial score (nSPS) is 12.3. The molecule has 0 aromatic heterocycles. The lowest BCUT2D eigenvalue weighted by Crippen LogP contribution is -2.35. The van der Waals surface area contributed by atoms with Gasteiger partial charge in [0.2, 0.25) is 5.91 Å². The highest BCUT2D eigenvalue weighted by Gasteiger charge is 2.17. The van der Waals surface area contributed by atoms with E-state index in [1.165, 1.54) is 0 Å². The Morgan fingerprint density at radius 1 is 1.42 bits per heavy atom. The maximum Gasteiger partial charge on any atom is 0.224 e. The lowest BCUT2D eigenvalue weighted by molar-refractivity contribution is -0.125. The summed E-state index contributed by atoms with van der Waals surface area (Å²) in [4.78, 5) is 12.0. The van der Waals surface area contributed by atoms with E-state index < -0.39 is 0 Å². The predicted octanol–water partition coefficient (Wildman–Crippen LogP) is 1.93. The van der Waals surface area contributed by atoms with Crippen LogP contribution in [0.1, 0.15) is 25.8 Å². The zero-order valence-corrected chi connectivity index (χ0v) is 12.0. The van der Waals surface area contributed by atoms with Gasteiger partial charge in [-0.1, -0.05) is 26.0 Å². The maximum atomic E-state index is 12.0. The van der Waals surface area contributed by atoms with Crippen LogP contribution in [0.3, 0.4) is 0 Å². The first kappa shape index (κ1) is 15.5. The van der Waals surface area contributed by atoms with Crippen LogP contribution in [0.4, 0.5) is 0 Å². The number of hydrogen-bond donors (Lipinski definition) is 2. The summed E-state index contributed by atoms with van der Waals surface area (Å²) in [6.45, 7) is 5.09. The minimum absolute atomic E-state index is 0.0269. The molecule has 0 bridgehead atoms. The number of benzene rings is 1. The molecule has 1 aromatic rings. The minimum Gasteiger partial charge on any atom is -0.497 e. The molecule has 4 nitrogen and oxygen atoms in total. The Labute approximate surface area is 115 Å². The van der Waals surface area contributed by atoms with Gasteiger partial charge in [0.15, 0.2) is 0 Å². The van der Waals surface area contributed by atoms with E-state index in [9.17, 15) is 4.79 Å². The summed E-state index contributed by atoms with van der Waals surface area (Å²) >= 11 is 0. The lowest BCUT2D eigenvalue weighted by Gasteiger charge is -2.17. The van der Waals surface area contributed by atoms with E-state index >= 15 is 0 Å². The van der Waals surface area contributed by atoms with Crippen molar-refractivity contribution >= 4 is 5.91 Å². The van der Waals surface area contributed by atoms with Crippen molar-refractivity contribution in [1.29, 1.82) is 0 Å². The Morgan fingerprint density at radius 3 is 2.74 bits per heavy atom. The first-order valence-electron chi connectivity index (χ1n) is 6.67. The van der Waals surface area contributed by atoms with Gasteiger partial charge in [0.05, 0.1) is 13.0 Å². The van der Waals surface area contributed by atoms with Gasteiger partial charge in [-0.25, -0.2) is 0 Å². The molecule has 0 saturated heterocycles. The largest absolute Gasteiger partial charge is 0.497 e. The van der Waals surface area contributed by atoms with Crippen molar-refractivity contribution in [2.75, 3.05) is 13.7 Å². The molecule has 1 atom stereocenters. The molecule has 0 heterocycles. The SMILES string of the molecule is COc1cccc(CNC(=O)C(CN)CC(C)C)c1. The fraction of sp³-hybridized carbons (Fsp3) is 0.533. The third-order valence-corrected chi connectivity index (χ3v) is 3.01. The second-order valence-electron chi connectivity index (χ2n) is 5.13. The van der Waals surface area contributed by atoms with Gasteiger partial charge < -0.3 is 15.8 Å². The summed E-state index contributed by atoms with van der Waals surface area (Å²) in [6, 6.07) is 7.67. The number of methoxy groups -OCH3 is 1. The van der Waals surface area contributed by atoms with Gasteiger partial charge in [-0.3, -0.25) is 4.79 Å². The molecular weight excluding hydrogens is 240 g/mol. The molecule has 0 aliphatic heterocycles. The smallest absolute Gasteiger partial charge is 0.224 e. The summed E-state index contributed by atoms with van der Waals surface area (Å²) in [5.41, 5.74) is 6.68. The lowest BCUT2D eigenvalue weighted by atomic mass is 9.96. The van der Waals surface area contributed by atoms with Gasteiger partial charge in [0.1, 0.15) is 5.75 Å². The van der Waals surface area contributed by atoms with Gasteiger partial charge in [-0.15, -0.1) is 0 Å². The summed E-state index contributed by atoms with van der Waals surface area (Å²) in [6.07, 6.45) is 0.820. The first-order valence-corrected chi connectivity index (χ1v) is 6.67. The Hall–Kier alpha value is -1.55. The van der Waals surface area contributed by atoms with Gasteiger partial charge >= 0.3 is 0 Å². The van der Waals surface area contributed by atoms with E-state index in [1.807, 2.05) is 24.3 Å². The second-order valence-corrected chi connectivity index (χ2v) is 5.13. The van der Waals surface area contributed by atoms with Crippen LogP contribution >= 0.6 is 0 Å². The van der Waals surface area contributed by atoms with Crippen molar-refractivity contribution in [3.63, 3.8) is 0 Å². The standard InChI is InChI=1S/C15H24N2O2/c1-11(2)7-13(9-16)15(18)17-10-12-5-4-6-14(8-12)19-3/h4-6,8,11,13H,7,9-10,16H2,1-3H3,(H,17,18). The van der Waals surface area contributed by atoms with Gasteiger partial charge in [-0.05, 0) is 30.0 Å². The quantitative estimate of drug-likeness (QED) is 0.791. The van der Waals surface area contributed by atoms with Crippen molar-refractivity contribution in [3.8, 4) is 5.75 Å². The van der Waals surface area contributed by atoms with Gasteiger partial charge in [0.25, 0.3) is 0 Å². The average Bonchev–Trinajstić information content (AvgIpc) is 2.42. The van der Waals surface area contributed by atoms with Crippen LogP contribution in [0, 0.1) is 11.8 Å². The van der Waals surface area contributed by atoms with E-state index in [0.717, 1.165) is 17.7 Å². The average molecular weight is 264 g/mol. The Kier molecular flexibility index (Phi) is 6.36. The number of ether oxygens (including phenoxy) is 1. The number of carbonyl (C=O) groups is 1. The highest BCUT2D eigenvalue weighted by atomic mass is 16.5. The van der Waals surface area contributed by atoms with Crippen LogP contribution in [0.5, 0.6) is 5.75 Å². The molecule has 3 N–H and O–H groups in total. The Bertz CT molecular complexity index is 405. The topological polar surface area (TPSA) is 64.3 Å².